The summed E-state index contributed by atoms with van der Waals surface area (Å²) in [6.07, 6.45) is 7.96. The first-order valence-corrected chi connectivity index (χ1v) is 10.3. The van der Waals surface area contributed by atoms with Crippen molar-refractivity contribution >= 4 is 22.8 Å². The highest BCUT2D eigenvalue weighted by molar-refractivity contribution is 7.13. The molecule has 0 aliphatic carbocycles. The Kier molecular flexibility index (Phi) is 4.46. The second-order valence-corrected chi connectivity index (χ2v) is 7.90. The first kappa shape index (κ1) is 17.2. The third-order valence-corrected chi connectivity index (χ3v) is 6.04. The fourth-order valence-corrected chi connectivity index (χ4v) is 4.10. The van der Waals surface area contributed by atoms with Crippen LogP contribution in [0.3, 0.4) is 0 Å². The number of pyridine rings is 1. The van der Waals surface area contributed by atoms with E-state index in [-0.39, 0.29) is 5.78 Å². The van der Waals surface area contributed by atoms with Gasteiger partial charge in [-0.15, -0.1) is 11.3 Å². The molecule has 7 heteroatoms. The molecule has 1 atom stereocenters. The molecule has 0 bridgehead atoms. The van der Waals surface area contributed by atoms with Crippen molar-refractivity contribution in [2.75, 3.05) is 6.54 Å². The molecule has 4 aromatic rings. The smallest absolute Gasteiger partial charge is 0.165 e. The monoisotopic (exact) mass is 389 g/mol. The maximum absolute atomic E-state index is 12.6. The van der Waals surface area contributed by atoms with Crippen molar-refractivity contribution < 1.29 is 4.79 Å². The van der Waals surface area contributed by atoms with E-state index in [1.54, 1.807) is 34.3 Å². The van der Waals surface area contributed by atoms with E-state index in [0.29, 0.717) is 18.0 Å². The van der Waals surface area contributed by atoms with Crippen LogP contribution in [0.15, 0.2) is 54.3 Å². The normalized spacial score (nSPS) is 16.2. The predicted molar refractivity (Wildman–Crippen MR) is 110 cm³/mol. The average molecular weight is 389 g/mol. The number of rotatable bonds is 6. The highest BCUT2D eigenvalue weighted by atomic mass is 32.1. The van der Waals surface area contributed by atoms with E-state index < -0.39 is 0 Å². The molecule has 0 spiro atoms. The number of carbonyl (C=O) groups is 1. The summed E-state index contributed by atoms with van der Waals surface area (Å²) in [5.41, 5.74) is 3.89. The molecule has 4 aromatic heterocycles. The summed E-state index contributed by atoms with van der Waals surface area (Å²) in [7, 11) is 0. The number of ketones is 1. The van der Waals surface area contributed by atoms with Crippen LogP contribution in [-0.2, 0) is 0 Å². The van der Waals surface area contributed by atoms with Crippen LogP contribution in [0.5, 0.6) is 0 Å². The molecule has 0 unspecified atom stereocenters. The van der Waals surface area contributed by atoms with Gasteiger partial charge in [-0.3, -0.25) is 9.78 Å². The zero-order valence-electron chi connectivity index (χ0n) is 15.2. The molecule has 5 heterocycles. The predicted octanol–water partition coefficient (Wildman–Crippen LogP) is 3.84. The van der Waals surface area contributed by atoms with Crippen molar-refractivity contribution in [3.63, 3.8) is 0 Å². The van der Waals surface area contributed by atoms with Gasteiger partial charge in [-0.2, -0.15) is 5.10 Å². The van der Waals surface area contributed by atoms with Crippen LogP contribution in [-0.4, -0.2) is 38.0 Å². The summed E-state index contributed by atoms with van der Waals surface area (Å²) in [4.78, 5) is 23.0. The number of carbonyl (C=O) groups excluding carboxylic acids is 1. The van der Waals surface area contributed by atoms with Gasteiger partial charge in [-0.1, -0.05) is 6.07 Å². The third-order valence-electron chi connectivity index (χ3n) is 5.15. The lowest BCUT2D eigenvalue weighted by Gasteiger charge is -2.27. The Labute approximate surface area is 166 Å². The molecule has 1 fully saturated rings. The molecule has 1 aliphatic rings. The molecular formula is C21H19N5OS. The van der Waals surface area contributed by atoms with Crippen molar-refractivity contribution in [2.24, 2.45) is 0 Å². The summed E-state index contributed by atoms with van der Waals surface area (Å²) in [6, 6.07) is 10.2. The summed E-state index contributed by atoms with van der Waals surface area (Å²) in [5, 5.41) is 9.77. The molecule has 1 N–H and O–H groups in total. The highest BCUT2D eigenvalue weighted by Crippen LogP contribution is 2.27. The first-order chi connectivity index (χ1) is 13.8. The summed E-state index contributed by atoms with van der Waals surface area (Å²) in [5.74, 6) is 0.154. The fourth-order valence-electron chi connectivity index (χ4n) is 3.41. The molecule has 0 radical (unpaired) electrons. The fraction of sp³-hybridized carbons (Fsp3) is 0.238. The van der Waals surface area contributed by atoms with Crippen molar-refractivity contribution in [2.45, 2.75) is 25.3 Å². The van der Waals surface area contributed by atoms with E-state index in [2.05, 4.69) is 15.4 Å². The minimum Gasteiger partial charge on any atom is -0.314 e. The van der Waals surface area contributed by atoms with Crippen molar-refractivity contribution in [3.8, 4) is 21.8 Å². The third kappa shape index (κ3) is 3.23. The zero-order valence-corrected chi connectivity index (χ0v) is 16.0. The van der Waals surface area contributed by atoms with E-state index >= 15 is 0 Å². The lowest BCUT2D eigenvalue weighted by molar-refractivity contribution is 0.0971. The molecule has 28 heavy (non-hydrogen) atoms. The van der Waals surface area contributed by atoms with Crippen LogP contribution in [0.1, 0.15) is 29.6 Å². The van der Waals surface area contributed by atoms with Gasteiger partial charge in [0, 0.05) is 30.4 Å². The summed E-state index contributed by atoms with van der Waals surface area (Å²) >= 11 is 1.65. The van der Waals surface area contributed by atoms with Crippen LogP contribution in [0, 0.1) is 0 Å². The van der Waals surface area contributed by atoms with Gasteiger partial charge in [0.25, 0.3) is 0 Å². The second kappa shape index (κ2) is 7.26. The maximum Gasteiger partial charge on any atom is 0.165 e. The van der Waals surface area contributed by atoms with Crippen molar-refractivity contribution in [1.82, 2.24) is 24.9 Å². The van der Waals surface area contributed by atoms with Crippen LogP contribution in [0.25, 0.3) is 27.5 Å². The molecule has 0 amide bonds. The zero-order chi connectivity index (χ0) is 18.9. The average Bonchev–Trinajstić information content (AvgIpc) is 3.36. The van der Waals surface area contributed by atoms with Crippen LogP contribution < -0.4 is 5.32 Å². The Hall–Kier alpha value is -2.90. The quantitative estimate of drug-likeness (QED) is 0.507. The Morgan fingerprint density at radius 3 is 3.00 bits per heavy atom. The summed E-state index contributed by atoms with van der Waals surface area (Å²) in [6.45, 7) is 1.06. The number of thiophene rings is 1. The van der Waals surface area contributed by atoms with E-state index in [4.69, 9.17) is 4.98 Å². The lowest BCUT2D eigenvalue weighted by atomic mass is 9.97. The van der Waals surface area contributed by atoms with Gasteiger partial charge < -0.3 is 5.32 Å². The molecule has 0 saturated carbocycles. The van der Waals surface area contributed by atoms with Crippen molar-refractivity contribution in [1.29, 1.82) is 0 Å². The van der Waals surface area contributed by atoms with Gasteiger partial charge >= 0.3 is 0 Å². The largest absolute Gasteiger partial charge is 0.314 e. The minimum absolute atomic E-state index is 0.154. The number of aromatic nitrogens is 4. The molecular weight excluding hydrogens is 370 g/mol. The van der Waals surface area contributed by atoms with Gasteiger partial charge in [0.2, 0.25) is 0 Å². The number of nitrogens with one attached hydrogen (secondary N) is 1. The standard InChI is InChI=1S/C21H19N5OS/c27-19(4-3-15-6-9-22-15)14-5-8-23-18(12-14)16-13-24-26-10-7-17(25-21(16)26)20-2-1-11-28-20/h1-2,5,7-8,10-13,15,22H,3-4,6,9H2/t15-/m0/s1. The SMILES string of the molecule is O=C(CC[C@H]1CCN1)c1ccnc(-c2cnn3ccc(-c4cccs4)nc23)c1. The molecule has 1 saturated heterocycles. The van der Waals surface area contributed by atoms with Crippen molar-refractivity contribution in [3.05, 3.63) is 59.9 Å². The van der Waals surface area contributed by atoms with E-state index in [0.717, 1.165) is 46.9 Å². The molecule has 1 aliphatic heterocycles. The second-order valence-electron chi connectivity index (χ2n) is 6.95. The summed E-state index contributed by atoms with van der Waals surface area (Å²) < 4.78 is 1.74. The highest BCUT2D eigenvalue weighted by Gasteiger charge is 2.19. The first-order valence-electron chi connectivity index (χ1n) is 9.39. The Morgan fingerprint density at radius 1 is 1.29 bits per heavy atom. The lowest BCUT2D eigenvalue weighted by Crippen LogP contribution is -2.42. The van der Waals surface area contributed by atoms with Gasteiger partial charge in [-0.05, 0) is 49.0 Å². The van der Waals surface area contributed by atoms with Gasteiger partial charge in [0.1, 0.15) is 0 Å². The number of hydrogen-bond acceptors (Lipinski definition) is 6. The van der Waals surface area contributed by atoms with E-state index in [1.165, 1.54) is 0 Å². The maximum atomic E-state index is 12.6. The Balaban J connectivity index is 1.46. The van der Waals surface area contributed by atoms with E-state index in [9.17, 15) is 4.79 Å². The molecule has 140 valence electrons. The van der Waals surface area contributed by atoms with Crippen LogP contribution in [0.2, 0.25) is 0 Å². The molecule has 5 rings (SSSR count). The molecule has 0 aromatic carbocycles. The number of hydrogen-bond donors (Lipinski definition) is 1. The Morgan fingerprint density at radius 2 is 2.21 bits per heavy atom. The Bertz CT molecular complexity index is 1130. The van der Waals surface area contributed by atoms with Gasteiger partial charge in [-0.25, -0.2) is 9.50 Å². The van der Waals surface area contributed by atoms with E-state index in [1.807, 2.05) is 35.8 Å². The minimum atomic E-state index is 0.154. The van der Waals surface area contributed by atoms with Crippen LogP contribution in [0.4, 0.5) is 0 Å². The number of Topliss-reactive ketones (excluding diaryl/α,β-unsaturated/α-hetero) is 1. The number of fused-ring (bicyclic) bond motifs is 1. The number of nitrogens with zero attached hydrogens (tertiary/aromatic N) is 4. The van der Waals surface area contributed by atoms with Crippen LogP contribution >= 0.6 is 11.3 Å². The van der Waals surface area contributed by atoms with Gasteiger partial charge in [0.15, 0.2) is 11.4 Å². The molecule has 6 nitrogen and oxygen atoms in total. The topological polar surface area (TPSA) is 72.2 Å². The van der Waals surface area contributed by atoms with Gasteiger partial charge in [0.05, 0.1) is 28.0 Å².